The summed E-state index contributed by atoms with van der Waals surface area (Å²) in [5.74, 6) is 0.472. The van der Waals surface area contributed by atoms with Crippen molar-refractivity contribution in [1.29, 1.82) is 5.26 Å². The minimum atomic E-state index is -0.228. The number of hydrogen-bond donors (Lipinski definition) is 0. The number of aromatic nitrogens is 2. The second-order valence-electron chi connectivity index (χ2n) is 9.14. The number of amides is 1. The van der Waals surface area contributed by atoms with Gasteiger partial charge in [-0.1, -0.05) is 48.0 Å². The van der Waals surface area contributed by atoms with Crippen LogP contribution in [0.15, 0.2) is 90.6 Å². The predicted molar refractivity (Wildman–Crippen MR) is 149 cm³/mol. The third kappa shape index (κ3) is 5.80. The van der Waals surface area contributed by atoms with Gasteiger partial charge < -0.3 is 9.64 Å². The van der Waals surface area contributed by atoms with E-state index >= 15 is 0 Å². The van der Waals surface area contributed by atoms with Gasteiger partial charge in [0.15, 0.2) is 0 Å². The lowest BCUT2D eigenvalue weighted by Crippen LogP contribution is -2.36. The van der Waals surface area contributed by atoms with Crippen LogP contribution in [0.1, 0.15) is 30.4 Å². The number of piperidine rings is 1. The maximum atomic E-state index is 13.1. The zero-order chi connectivity index (χ0) is 26.3. The van der Waals surface area contributed by atoms with E-state index in [1.807, 2.05) is 85.1 Å². The van der Waals surface area contributed by atoms with E-state index in [2.05, 4.69) is 6.07 Å². The highest BCUT2D eigenvalue weighted by Crippen LogP contribution is 2.28. The summed E-state index contributed by atoms with van der Waals surface area (Å²) in [7, 11) is 0. The Bertz CT molecular complexity index is 1480. The van der Waals surface area contributed by atoms with E-state index in [1.165, 1.54) is 0 Å². The molecule has 6 nitrogen and oxygen atoms in total. The van der Waals surface area contributed by atoms with Crippen LogP contribution < -0.4 is 4.74 Å². The summed E-state index contributed by atoms with van der Waals surface area (Å²) < 4.78 is 7.70. The summed E-state index contributed by atoms with van der Waals surface area (Å²) in [6, 6.07) is 27.1. The molecule has 1 saturated heterocycles. The van der Waals surface area contributed by atoms with E-state index in [4.69, 9.17) is 21.4 Å². The zero-order valence-corrected chi connectivity index (χ0v) is 21.6. The number of ether oxygens (including phenoxy) is 1. The molecule has 38 heavy (non-hydrogen) atoms. The van der Waals surface area contributed by atoms with Gasteiger partial charge in [0, 0.05) is 41.0 Å². The molecule has 1 fully saturated rings. The van der Waals surface area contributed by atoms with E-state index in [1.54, 1.807) is 15.7 Å². The van der Waals surface area contributed by atoms with Gasteiger partial charge in [-0.25, -0.2) is 4.68 Å². The smallest absolute Gasteiger partial charge is 0.264 e. The van der Waals surface area contributed by atoms with Gasteiger partial charge in [-0.05, 0) is 67.8 Å². The Morgan fingerprint density at radius 1 is 0.974 bits per heavy atom. The topological polar surface area (TPSA) is 71.1 Å². The monoisotopic (exact) mass is 522 g/mol. The Morgan fingerprint density at radius 2 is 1.68 bits per heavy atom. The number of hydrogen-bond acceptors (Lipinski definition) is 4. The maximum absolute atomic E-state index is 13.1. The van der Waals surface area contributed by atoms with Gasteiger partial charge in [-0.2, -0.15) is 10.4 Å². The summed E-state index contributed by atoms with van der Waals surface area (Å²) in [6.45, 7) is 1.73. The molecule has 1 aliphatic rings. The van der Waals surface area contributed by atoms with Crippen LogP contribution in [0.25, 0.3) is 23.0 Å². The minimum absolute atomic E-state index is 0.112. The molecule has 1 amide bonds. The van der Waals surface area contributed by atoms with Crippen LogP contribution in [0, 0.1) is 11.3 Å². The van der Waals surface area contributed by atoms with E-state index < -0.39 is 0 Å². The van der Waals surface area contributed by atoms with E-state index in [0.29, 0.717) is 41.7 Å². The first-order valence-electron chi connectivity index (χ1n) is 12.6. The van der Waals surface area contributed by atoms with Crippen molar-refractivity contribution in [2.75, 3.05) is 13.1 Å². The number of halogens is 1. The fourth-order valence-corrected chi connectivity index (χ4v) is 4.67. The van der Waals surface area contributed by atoms with Crippen molar-refractivity contribution >= 4 is 23.6 Å². The second-order valence-corrected chi connectivity index (χ2v) is 9.55. The largest absolute Gasteiger partial charge is 0.489 e. The summed E-state index contributed by atoms with van der Waals surface area (Å²) in [4.78, 5) is 14.9. The first-order valence-corrected chi connectivity index (χ1v) is 13.0. The number of para-hydroxylation sites is 1. The number of nitriles is 1. The summed E-state index contributed by atoms with van der Waals surface area (Å²) >= 11 is 6.25. The van der Waals surface area contributed by atoms with Gasteiger partial charge in [0.1, 0.15) is 24.0 Å². The predicted octanol–water partition coefficient (Wildman–Crippen LogP) is 6.69. The normalized spacial score (nSPS) is 13.7. The molecule has 0 spiro atoms. The molecular weight excluding hydrogens is 496 g/mol. The van der Waals surface area contributed by atoms with Crippen LogP contribution in [0.4, 0.5) is 0 Å². The molecule has 3 aromatic carbocycles. The van der Waals surface area contributed by atoms with E-state index in [9.17, 15) is 10.1 Å². The summed E-state index contributed by atoms with van der Waals surface area (Å²) in [5.41, 5.74) is 4.12. The Kier molecular flexibility index (Phi) is 7.86. The maximum Gasteiger partial charge on any atom is 0.264 e. The van der Waals surface area contributed by atoms with Gasteiger partial charge in [0.2, 0.25) is 0 Å². The Morgan fingerprint density at radius 3 is 2.39 bits per heavy atom. The molecule has 0 saturated carbocycles. The third-order valence-electron chi connectivity index (χ3n) is 6.54. The molecule has 190 valence electrons. The number of likely N-dealkylation sites (tertiary alicyclic amines) is 1. The van der Waals surface area contributed by atoms with Gasteiger partial charge in [-0.3, -0.25) is 4.79 Å². The molecule has 7 heteroatoms. The van der Waals surface area contributed by atoms with Gasteiger partial charge >= 0.3 is 0 Å². The Hall–Kier alpha value is -4.34. The van der Waals surface area contributed by atoms with Crippen molar-refractivity contribution in [2.24, 2.45) is 0 Å². The lowest BCUT2D eigenvalue weighted by atomic mass is 10.0. The van der Waals surface area contributed by atoms with Crippen LogP contribution in [-0.2, 0) is 11.4 Å². The minimum Gasteiger partial charge on any atom is -0.489 e. The lowest BCUT2D eigenvalue weighted by Gasteiger charge is -2.26. The molecule has 0 atom stereocenters. The summed E-state index contributed by atoms with van der Waals surface area (Å²) in [5, 5.41) is 15.4. The van der Waals surface area contributed by atoms with Crippen molar-refractivity contribution in [3.8, 4) is 28.8 Å². The molecular formula is C31H27ClN4O2. The van der Waals surface area contributed by atoms with E-state index in [-0.39, 0.29) is 11.5 Å². The highest BCUT2D eigenvalue weighted by molar-refractivity contribution is 6.31. The first kappa shape index (κ1) is 25.3. The van der Waals surface area contributed by atoms with Crippen molar-refractivity contribution in [1.82, 2.24) is 14.7 Å². The molecule has 0 unspecified atom stereocenters. The quantitative estimate of drug-likeness (QED) is 0.200. The fourth-order valence-electron chi connectivity index (χ4n) is 4.48. The number of carbonyl (C=O) groups is 1. The average molecular weight is 523 g/mol. The molecule has 2 heterocycles. The van der Waals surface area contributed by atoms with Crippen LogP contribution in [0.3, 0.4) is 0 Å². The third-order valence-corrected chi connectivity index (χ3v) is 6.91. The molecule has 1 aliphatic heterocycles. The van der Waals surface area contributed by atoms with Gasteiger partial charge in [-0.15, -0.1) is 0 Å². The first-order chi connectivity index (χ1) is 18.6. The van der Waals surface area contributed by atoms with Crippen molar-refractivity contribution in [3.63, 3.8) is 0 Å². The Labute approximate surface area is 227 Å². The lowest BCUT2D eigenvalue weighted by molar-refractivity contribution is -0.127. The van der Waals surface area contributed by atoms with Crippen LogP contribution in [0.2, 0.25) is 5.02 Å². The van der Waals surface area contributed by atoms with Gasteiger partial charge in [0.25, 0.3) is 5.91 Å². The SMILES string of the molecule is N#CC(=Cc1cn(-c2ccccc2)nc1-c1ccc(OCc2ccccc2Cl)cc1)C(=O)N1CCCCC1. The number of carbonyl (C=O) groups excluding carboxylic acids is 1. The molecule has 5 rings (SSSR count). The number of nitrogens with zero attached hydrogens (tertiary/aromatic N) is 4. The number of rotatable bonds is 7. The van der Waals surface area contributed by atoms with Crippen molar-refractivity contribution < 1.29 is 9.53 Å². The van der Waals surface area contributed by atoms with Crippen LogP contribution >= 0.6 is 11.6 Å². The van der Waals surface area contributed by atoms with Gasteiger partial charge in [0.05, 0.1) is 11.4 Å². The highest BCUT2D eigenvalue weighted by Gasteiger charge is 2.21. The van der Waals surface area contributed by atoms with Crippen LogP contribution in [-0.4, -0.2) is 33.7 Å². The molecule has 0 radical (unpaired) electrons. The van der Waals surface area contributed by atoms with Crippen molar-refractivity contribution in [2.45, 2.75) is 25.9 Å². The molecule has 1 aromatic heterocycles. The van der Waals surface area contributed by atoms with Crippen LogP contribution in [0.5, 0.6) is 5.75 Å². The Balaban J connectivity index is 1.45. The highest BCUT2D eigenvalue weighted by atomic mass is 35.5. The average Bonchev–Trinajstić information content (AvgIpc) is 3.40. The molecule has 4 aromatic rings. The van der Waals surface area contributed by atoms with Crippen molar-refractivity contribution in [3.05, 3.63) is 107 Å². The zero-order valence-electron chi connectivity index (χ0n) is 20.9. The van der Waals surface area contributed by atoms with E-state index in [0.717, 1.165) is 36.1 Å². The number of benzene rings is 3. The standard InChI is InChI=1S/C31H27ClN4O2/c32-29-12-6-5-9-24(29)22-38-28-15-13-23(14-16-28)30-26(21-36(34-30)27-10-3-1-4-11-27)19-25(20-33)31(37)35-17-7-2-8-18-35/h1,3-6,9-16,19,21H,2,7-8,17-18,22H2. The second kappa shape index (κ2) is 11.8. The fraction of sp³-hybridized carbons (Fsp3) is 0.194. The molecule has 0 aliphatic carbocycles. The molecule has 0 N–H and O–H groups in total. The molecule has 0 bridgehead atoms. The summed E-state index contributed by atoms with van der Waals surface area (Å²) in [6.07, 6.45) is 6.55.